The van der Waals surface area contributed by atoms with Gasteiger partial charge in [0.1, 0.15) is 11.3 Å². The highest BCUT2D eigenvalue weighted by Gasteiger charge is 2.43. The lowest BCUT2D eigenvalue weighted by Crippen LogP contribution is -2.32. The third-order valence-electron chi connectivity index (χ3n) is 6.18. The molecule has 4 rings (SSSR count). The Labute approximate surface area is 203 Å². The molecule has 2 aromatic carbocycles. The van der Waals surface area contributed by atoms with Gasteiger partial charge in [-0.1, -0.05) is 0 Å². The van der Waals surface area contributed by atoms with E-state index in [1.807, 2.05) is 19.0 Å². The third kappa shape index (κ3) is 4.27. The molecule has 9 nitrogen and oxygen atoms in total. The summed E-state index contributed by atoms with van der Waals surface area (Å²) in [6.45, 7) is 1.21. The number of carbonyl (C=O) groups is 1. The molecule has 0 radical (unpaired) electrons. The lowest BCUT2D eigenvalue weighted by molar-refractivity contribution is 0.0721. The molecule has 0 unspecified atom stereocenters. The van der Waals surface area contributed by atoms with Crippen LogP contribution in [0.2, 0.25) is 0 Å². The minimum atomic E-state index is -0.670. The Hall–Kier alpha value is -3.72. The SMILES string of the molecule is COc1ccc2c(=O)c3c(oc2c1)C(=O)N(CCCN(C)C)[C@H]3c1cc(OC)c(OC)c(OC)c1. The Morgan fingerprint density at radius 3 is 2.20 bits per heavy atom. The van der Waals surface area contributed by atoms with Crippen molar-refractivity contribution in [3.05, 3.63) is 57.4 Å². The van der Waals surface area contributed by atoms with Crippen LogP contribution in [0.25, 0.3) is 11.0 Å². The molecule has 9 heteroatoms. The van der Waals surface area contributed by atoms with Crippen LogP contribution >= 0.6 is 0 Å². The van der Waals surface area contributed by atoms with E-state index in [-0.39, 0.29) is 17.1 Å². The summed E-state index contributed by atoms with van der Waals surface area (Å²) in [6.07, 6.45) is 0.717. The average Bonchev–Trinajstić information content (AvgIpc) is 3.14. The Balaban J connectivity index is 1.94. The minimum Gasteiger partial charge on any atom is -0.497 e. The summed E-state index contributed by atoms with van der Waals surface area (Å²) in [7, 11) is 10.1. The Bertz CT molecular complexity index is 1290. The zero-order valence-electron chi connectivity index (χ0n) is 20.8. The van der Waals surface area contributed by atoms with Gasteiger partial charge in [-0.05, 0) is 56.9 Å². The predicted molar refractivity (Wildman–Crippen MR) is 131 cm³/mol. The van der Waals surface area contributed by atoms with Crippen molar-refractivity contribution >= 4 is 16.9 Å². The normalized spacial score (nSPS) is 15.0. The van der Waals surface area contributed by atoms with Crippen molar-refractivity contribution in [2.75, 3.05) is 55.6 Å². The summed E-state index contributed by atoms with van der Waals surface area (Å²) in [5, 5.41) is 0.380. The highest BCUT2D eigenvalue weighted by Crippen LogP contribution is 2.45. The van der Waals surface area contributed by atoms with Gasteiger partial charge in [-0.15, -0.1) is 0 Å². The Morgan fingerprint density at radius 2 is 1.63 bits per heavy atom. The number of amides is 1. The van der Waals surface area contributed by atoms with E-state index < -0.39 is 6.04 Å². The number of ether oxygens (including phenoxy) is 4. The second kappa shape index (κ2) is 9.87. The first kappa shape index (κ1) is 24.4. The van der Waals surface area contributed by atoms with Crippen LogP contribution in [-0.2, 0) is 0 Å². The molecule has 0 aliphatic carbocycles. The van der Waals surface area contributed by atoms with Crippen molar-refractivity contribution in [2.45, 2.75) is 12.5 Å². The molecule has 1 aromatic heterocycles. The van der Waals surface area contributed by atoms with Crippen molar-refractivity contribution in [1.29, 1.82) is 0 Å². The third-order valence-corrected chi connectivity index (χ3v) is 6.18. The molecule has 3 aromatic rings. The zero-order valence-corrected chi connectivity index (χ0v) is 20.8. The van der Waals surface area contributed by atoms with Gasteiger partial charge in [-0.3, -0.25) is 9.59 Å². The van der Waals surface area contributed by atoms with E-state index in [0.29, 0.717) is 51.6 Å². The maximum Gasteiger partial charge on any atom is 0.290 e. The molecule has 1 aliphatic rings. The molecular weight excluding hydrogens is 452 g/mol. The molecule has 1 atom stereocenters. The summed E-state index contributed by atoms with van der Waals surface area (Å²) in [5.41, 5.74) is 1.01. The molecule has 1 aliphatic heterocycles. The summed E-state index contributed by atoms with van der Waals surface area (Å²) in [5.74, 6) is 1.55. The van der Waals surface area contributed by atoms with E-state index >= 15 is 0 Å². The minimum absolute atomic E-state index is 0.0411. The monoisotopic (exact) mass is 482 g/mol. The Kier molecular flexibility index (Phi) is 6.88. The van der Waals surface area contributed by atoms with Crippen molar-refractivity contribution < 1.29 is 28.2 Å². The van der Waals surface area contributed by atoms with Crippen molar-refractivity contribution in [2.24, 2.45) is 0 Å². The lowest BCUT2D eigenvalue weighted by Gasteiger charge is -2.27. The average molecular weight is 483 g/mol. The number of hydrogen-bond donors (Lipinski definition) is 0. The van der Waals surface area contributed by atoms with Crippen LogP contribution in [0.1, 0.15) is 34.1 Å². The van der Waals surface area contributed by atoms with E-state index in [9.17, 15) is 9.59 Å². The van der Waals surface area contributed by atoms with Gasteiger partial charge < -0.3 is 33.2 Å². The summed E-state index contributed by atoms with van der Waals surface area (Å²) in [4.78, 5) is 31.1. The molecule has 186 valence electrons. The van der Waals surface area contributed by atoms with Crippen molar-refractivity contribution in [3.63, 3.8) is 0 Å². The van der Waals surface area contributed by atoms with E-state index in [4.69, 9.17) is 23.4 Å². The van der Waals surface area contributed by atoms with Gasteiger partial charge >= 0.3 is 0 Å². The van der Waals surface area contributed by atoms with Gasteiger partial charge in [0.25, 0.3) is 5.91 Å². The smallest absolute Gasteiger partial charge is 0.290 e. The predicted octanol–water partition coefficient (Wildman–Crippen LogP) is 3.32. The molecule has 0 bridgehead atoms. The van der Waals surface area contributed by atoms with Crippen molar-refractivity contribution in [1.82, 2.24) is 9.80 Å². The number of methoxy groups -OCH3 is 4. The summed E-state index contributed by atoms with van der Waals surface area (Å²) in [6, 6.07) is 7.84. The fourth-order valence-corrected chi connectivity index (χ4v) is 4.52. The maximum absolute atomic E-state index is 13.7. The van der Waals surface area contributed by atoms with E-state index in [1.165, 1.54) is 28.4 Å². The highest BCUT2D eigenvalue weighted by atomic mass is 16.5. The highest BCUT2D eigenvalue weighted by molar-refractivity contribution is 5.99. The lowest BCUT2D eigenvalue weighted by atomic mass is 9.97. The van der Waals surface area contributed by atoms with E-state index in [0.717, 1.165) is 13.0 Å². The van der Waals surface area contributed by atoms with Crippen molar-refractivity contribution in [3.8, 4) is 23.0 Å². The first-order chi connectivity index (χ1) is 16.8. The van der Waals surface area contributed by atoms with Crippen LogP contribution in [-0.4, -0.2) is 71.3 Å². The molecule has 0 saturated heterocycles. The fraction of sp³-hybridized carbons (Fsp3) is 0.385. The zero-order chi connectivity index (χ0) is 25.3. The van der Waals surface area contributed by atoms with Crippen LogP contribution in [0, 0.1) is 0 Å². The molecule has 35 heavy (non-hydrogen) atoms. The van der Waals surface area contributed by atoms with Crippen LogP contribution in [0.5, 0.6) is 23.0 Å². The topological polar surface area (TPSA) is 90.7 Å². The first-order valence-corrected chi connectivity index (χ1v) is 11.2. The molecule has 0 N–H and O–H groups in total. The fourth-order valence-electron chi connectivity index (χ4n) is 4.52. The number of hydrogen-bond acceptors (Lipinski definition) is 8. The summed E-state index contributed by atoms with van der Waals surface area (Å²) >= 11 is 0. The second-order valence-corrected chi connectivity index (χ2v) is 8.55. The maximum atomic E-state index is 13.7. The molecule has 0 fully saturated rings. The van der Waals surface area contributed by atoms with Crippen LogP contribution in [0.3, 0.4) is 0 Å². The van der Waals surface area contributed by atoms with Gasteiger partial charge in [-0.2, -0.15) is 0 Å². The van der Waals surface area contributed by atoms with Gasteiger partial charge in [0.2, 0.25) is 11.5 Å². The largest absolute Gasteiger partial charge is 0.497 e. The van der Waals surface area contributed by atoms with Crippen LogP contribution in [0.15, 0.2) is 39.5 Å². The number of nitrogens with zero attached hydrogens (tertiary/aromatic N) is 2. The standard InChI is InChI=1S/C26H30N2O7/c1-27(2)10-7-11-28-22(15-12-19(32-4)24(34-6)20(13-15)33-5)21-23(29)17-9-8-16(31-3)14-18(17)35-25(21)26(28)30/h8-9,12-14,22H,7,10-11H2,1-6H3/t22-/m0/s1. The van der Waals surface area contributed by atoms with Gasteiger partial charge in [0.15, 0.2) is 16.9 Å². The second-order valence-electron chi connectivity index (χ2n) is 8.55. The first-order valence-electron chi connectivity index (χ1n) is 11.2. The number of rotatable bonds is 9. The van der Waals surface area contributed by atoms with Crippen LogP contribution < -0.4 is 24.4 Å². The molecular formula is C26H30N2O7. The molecule has 2 heterocycles. The number of fused-ring (bicyclic) bond motifs is 2. The summed E-state index contributed by atoms with van der Waals surface area (Å²) < 4.78 is 27.8. The van der Waals surface area contributed by atoms with Crippen LogP contribution in [0.4, 0.5) is 0 Å². The Morgan fingerprint density at radius 1 is 0.943 bits per heavy atom. The van der Waals surface area contributed by atoms with Gasteiger partial charge in [0.05, 0.1) is 45.4 Å². The van der Waals surface area contributed by atoms with E-state index in [2.05, 4.69) is 0 Å². The molecule has 0 saturated carbocycles. The molecule has 1 amide bonds. The van der Waals surface area contributed by atoms with Gasteiger partial charge in [-0.25, -0.2) is 0 Å². The molecule has 0 spiro atoms. The quantitative estimate of drug-likeness (QED) is 0.459. The van der Waals surface area contributed by atoms with Gasteiger partial charge in [0, 0.05) is 12.6 Å². The number of benzene rings is 2. The number of carbonyl (C=O) groups excluding carboxylic acids is 1. The van der Waals surface area contributed by atoms with E-state index in [1.54, 1.807) is 35.2 Å².